The van der Waals surface area contributed by atoms with Crippen LogP contribution < -0.4 is 0 Å². The molecule has 2 rings (SSSR count). The summed E-state index contributed by atoms with van der Waals surface area (Å²) in [5, 5.41) is 0.452. The van der Waals surface area contributed by atoms with E-state index in [2.05, 4.69) is 25.4 Å². The third-order valence-electron chi connectivity index (χ3n) is 4.54. The van der Waals surface area contributed by atoms with Crippen LogP contribution in [0.25, 0.3) is 0 Å². The maximum absolute atomic E-state index is 10.6. The van der Waals surface area contributed by atoms with E-state index in [0.29, 0.717) is 10.7 Å². The first-order chi connectivity index (χ1) is 7.64. The van der Waals surface area contributed by atoms with E-state index in [1.165, 1.54) is 43.2 Å². The predicted octanol–water partition coefficient (Wildman–Crippen LogP) is 4.71. The van der Waals surface area contributed by atoms with Crippen molar-refractivity contribution >= 4 is 11.9 Å². The van der Waals surface area contributed by atoms with E-state index in [1.807, 2.05) is 0 Å². The number of nitrogens with zero attached hydrogens (tertiary/aromatic N) is 1. The van der Waals surface area contributed by atoms with Crippen molar-refractivity contribution < 1.29 is 0 Å². The van der Waals surface area contributed by atoms with E-state index in [-0.39, 0.29) is 0 Å². The fraction of sp³-hybridized carbons (Fsp3) is 0.846. The molecule has 16 heavy (non-hydrogen) atoms. The highest BCUT2D eigenvalue weighted by Crippen LogP contribution is 2.62. The molecule has 0 saturated heterocycles. The van der Waals surface area contributed by atoms with Crippen molar-refractivity contribution in [1.29, 1.82) is 0 Å². The lowest BCUT2D eigenvalue weighted by Crippen LogP contribution is -2.30. The van der Waals surface area contributed by atoms with Crippen LogP contribution in [0.4, 0.5) is 0 Å². The van der Waals surface area contributed by atoms with Crippen LogP contribution in [0, 0.1) is 16.2 Å². The molecule has 0 spiro atoms. The smallest absolute Gasteiger partial charge is 0.0397 e. The molecule has 0 aromatic carbocycles. The fourth-order valence-corrected chi connectivity index (χ4v) is 5.09. The monoisotopic (exact) mass is 239 g/mol. The largest absolute Gasteiger partial charge is 0.137 e. The van der Waals surface area contributed by atoms with Gasteiger partial charge in [0.25, 0.3) is 0 Å². The molecule has 3 unspecified atom stereocenters. The summed E-state index contributed by atoms with van der Waals surface area (Å²) >= 11 is 1.30. The zero-order chi connectivity index (χ0) is 11.8. The van der Waals surface area contributed by atoms with Gasteiger partial charge < -0.3 is 0 Å². The Kier molecular flexibility index (Phi) is 3.43. The highest BCUT2D eigenvalue weighted by atomic mass is 32.2. The van der Waals surface area contributed by atoms with E-state index in [4.69, 9.17) is 0 Å². The average molecular weight is 239 g/mol. The van der Waals surface area contributed by atoms with Gasteiger partial charge in [-0.2, -0.15) is 0 Å². The number of nitroso groups, excluding NO2 is 1. The Morgan fingerprint density at radius 2 is 2.25 bits per heavy atom. The Balaban J connectivity index is 2.33. The third kappa shape index (κ3) is 1.73. The molecule has 0 N–H and O–H groups in total. The zero-order valence-electron chi connectivity index (χ0n) is 10.5. The lowest BCUT2D eigenvalue weighted by atomic mass is 9.74. The summed E-state index contributed by atoms with van der Waals surface area (Å²) in [5.41, 5.74) is 3.38. The molecule has 2 saturated carbocycles. The second-order valence-electron chi connectivity index (χ2n) is 5.50. The molecule has 0 heterocycles. The van der Waals surface area contributed by atoms with Gasteiger partial charge in [-0.05, 0) is 51.9 Å². The lowest BCUT2D eigenvalue weighted by Gasteiger charge is -2.36. The van der Waals surface area contributed by atoms with Crippen LogP contribution in [-0.4, -0.2) is 5.25 Å². The Labute approximate surface area is 102 Å². The summed E-state index contributed by atoms with van der Waals surface area (Å²) in [4.78, 5) is 10.6. The topological polar surface area (TPSA) is 29.4 Å². The first-order valence-corrected chi connectivity index (χ1v) is 7.13. The number of fused-ring (bicyclic) bond motifs is 2. The van der Waals surface area contributed by atoms with Crippen LogP contribution in [0.5, 0.6) is 0 Å². The van der Waals surface area contributed by atoms with Crippen molar-refractivity contribution in [3.05, 3.63) is 16.1 Å². The van der Waals surface area contributed by atoms with Gasteiger partial charge in [-0.15, -0.1) is 4.91 Å². The molecule has 0 amide bonds. The molecule has 3 heteroatoms. The van der Waals surface area contributed by atoms with Crippen LogP contribution in [0.2, 0.25) is 0 Å². The number of hydrogen-bond donors (Lipinski definition) is 0. The Morgan fingerprint density at radius 3 is 2.75 bits per heavy atom. The number of rotatable bonds is 4. The number of hydrogen-bond acceptors (Lipinski definition) is 3. The maximum atomic E-state index is 10.6. The molecule has 2 fully saturated rings. The van der Waals surface area contributed by atoms with Gasteiger partial charge >= 0.3 is 0 Å². The minimum Gasteiger partial charge on any atom is -0.137 e. The summed E-state index contributed by atoms with van der Waals surface area (Å²) in [6, 6.07) is 0. The van der Waals surface area contributed by atoms with Gasteiger partial charge in [0.2, 0.25) is 0 Å². The molecule has 2 bridgehead atoms. The molecule has 90 valence electrons. The minimum absolute atomic E-state index is 0.316. The standard InChI is InChI=1S/C13H21NOS/c1-4-11(9(2)3)13-6-5-10(8-13)7-12(13)16-14-15/h10,12H,4-8H2,1-3H3. The van der Waals surface area contributed by atoms with Crippen LogP contribution in [0.1, 0.15) is 52.9 Å². The zero-order valence-corrected chi connectivity index (χ0v) is 11.3. The van der Waals surface area contributed by atoms with E-state index in [1.54, 1.807) is 5.57 Å². The van der Waals surface area contributed by atoms with Crippen LogP contribution in [0.3, 0.4) is 0 Å². The van der Waals surface area contributed by atoms with Crippen molar-refractivity contribution in [3.63, 3.8) is 0 Å². The van der Waals surface area contributed by atoms with E-state index in [0.717, 1.165) is 12.3 Å². The molecule has 0 radical (unpaired) electrons. The summed E-state index contributed by atoms with van der Waals surface area (Å²) in [6.45, 7) is 6.68. The molecule has 0 aromatic rings. The predicted molar refractivity (Wildman–Crippen MR) is 70.2 cm³/mol. The molecule has 2 aliphatic carbocycles. The first kappa shape index (κ1) is 12.2. The normalized spacial score (nSPS) is 36.4. The van der Waals surface area contributed by atoms with Gasteiger partial charge in [-0.3, -0.25) is 0 Å². The second-order valence-corrected chi connectivity index (χ2v) is 6.43. The molecule has 3 atom stereocenters. The summed E-state index contributed by atoms with van der Waals surface area (Å²) in [7, 11) is 0. The Morgan fingerprint density at radius 1 is 1.50 bits per heavy atom. The average Bonchev–Trinajstić information content (AvgIpc) is 2.76. The van der Waals surface area contributed by atoms with Crippen molar-refractivity contribution in [2.75, 3.05) is 0 Å². The highest BCUT2D eigenvalue weighted by molar-refractivity contribution is 7.98. The minimum atomic E-state index is 0.316. The van der Waals surface area contributed by atoms with Gasteiger partial charge in [-0.1, -0.05) is 18.1 Å². The van der Waals surface area contributed by atoms with Gasteiger partial charge in [0.1, 0.15) is 0 Å². The van der Waals surface area contributed by atoms with Gasteiger partial charge in [0.05, 0.1) is 0 Å². The third-order valence-corrected chi connectivity index (χ3v) is 5.53. The van der Waals surface area contributed by atoms with Crippen LogP contribution in [-0.2, 0) is 0 Å². The summed E-state index contributed by atoms with van der Waals surface area (Å²) in [5.74, 6) is 0.847. The summed E-state index contributed by atoms with van der Waals surface area (Å²) in [6.07, 6.45) is 6.26. The molecular formula is C13H21NOS. The highest BCUT2D eigenvalue weighted by Gasteiger charge is 2.54. The van der Waals surface area contributed by atoms with Crippen molar-refractivity contribution in [2.24, 2.45) is 15.9 Å². The quantitative estimate of drug-likeness (QED) is 0.404. The molecule has 0 aromatic heterocycles. The van der Waals surface area contributed by atoms with Crippen LogP contribution in [0.15, 0.2) is 15.7 Å². The molecule has 2 nitrogen and oxygen atoms in total. The van der Waals surface area contributed by atoms with Crippen LogP contribution >= 0.6 is 11.9 Å². The second kappa shape index (κ2) is 4.52. The van der Waals surface area contributed by atoms with E-state index < -0.39 is 0 Å². The SMILES string of the molecule is CCC(=C(C)C)C12CCC(CC1SN=O)C2. The van der Waals surface area contributed by atoms with Crippen molar-refractivity contribution in [2.45, 2.75) is 58.1 Å². The molecule has 2 aliphatic rings. The molecular weight excluding hydrogens is 218 g/mol. The number of allylic oxidation sites excluding steroid dienone is 2. The first-order valence-electron chi connectivity index (χ1n) is 6.29. The Hall–Kier alpha value is -0.310. The van der Waals surface area contributed by atoms with Crippen molar-refractivity contribution in [3.8, 4) is 0 Å². The maximum Gasteiger partial charge on any atom is 0.0397 e. The van der Waals surface area contributed by atoms with Crippen molar-refractivity contribution in [1.82, 2.24) is 0 Å². The van der Waals surface area contributed by atoms with E-state index in [9.17, 15) is 4.91 Å². The van der Waals surface area contributed by atoms with Gasteiger partial charge in [0, 0.05) is 27.2 Å². The fourth-order valence-electron chi connectivity index (χ4n) is 4.07. The van der Waals surface area contributed by atoms with Gasteiger partial charge in [0.15, 0.2) is 0 Å². The molecule has 0 aliphatic heterocycles. The van der Waals surface area contributed by atoms with Gasteiger partial charge in [-0.25, -0.2) is 0 Å². The summed E-state index contributed by atoms with van der Waals surface area (Å²) < 4.78 is 3.10. The van der Waals surface area contributed by atoms with E-state index >= 15 is 0 Å². The lowest BCUT2D eigenvalue weighted by molar-refractivity contribution is 0.360. The Bertz CT molecular complexity index is 322.